The number of carbonyl (C=O) groups is 1. The average molecular weight is 459 g/mol. The molecule has 0 radical (unpaired) electrons. The summed E-state index contributed by atoms with van der Waals surface area (Å²) in [5.41, 5.74) is 2.87. The number of H-pyrrole nitrogens is 1. The van der Waals surface area contributed by atoms with E-state index in [1.54, 1.807) is 6.20 Å². The minimum Gasteiger partial charge on any atom is -0.339 e. The third-order valence-corrected chi connectivity index (χ3v) is 7.02. The molecular formula is C26H30N6O2. The predicted octanol–water partition coefficient (Wildman–Crippen LogP) is 4.66. The number of nitrogens with zero attached hydrogens (tertiary/aromatic N) is 4. The number of nitriles is 1. The number of anilines is 2. The Kier molecular flexibility index (Phi) is 6.10. The molecule has 0 bridgehead atoms. The van der Waals surface area contributed by atoms with Crippen molar-refractivity contribution < 1.29 is 4.79 Å². The number of likely N-dealkylation sites (tertiary alicyclic amines) is 1. The van der Waals surface area contributed by atoms with Crippen molar-refractivity contribution in [2.24, 2.45) is 5.92 Å². The van der Waals surface area contributed by atoms with Crippen molar-refractivity contribution in [2.45, 2.75) is 57.9 Å². The zero-order valence-electron chi connectivity index (χ0n) is 19.5. The van der Waals surface area contributed by atoms with Crippen molar-refractivity contribution in [1.82, 2.24) is 19.7 Å². The van der Waals surface area contributed by atoms with E-state index in [9.17, 15) is 14.9 Å². The summed E-state index contributed by atoms with van der Waals surface area (Å²) in [6, 6.07) is 9.74. The molecule has 0 spiro atoms. The summed E-state index contributed by atoms with van der Waals surface area (Å²) >= 11 is 0. The van der Waals surface area contributed by atoms with Gasteiger partial charge in [-0.05, 0) is 68.4 Å². The van der Waals surface area contributed by atoms with Gasteiger partial charge in [0.2, 0.25) is 0 Å². The fourth-order valence-electron chi connectivity index (χ4n) is 5.03. The van der Waals surface area contributed by atoms with E-state index in [-0.39, 0.29) is 17.5 Å². The number of benzene rings is 1. The predicted molar refractivity (Wildman–Crippen MR) is 131 cm³/mol. The number of hydrogen-bond donors (Lipinski definition) is 2. The van der Waals surface area contributed by atoms with Gasteiger partial charge in [-0.3, -0.25) is 14.3 Å². The molecule has 1 saturated heterocycles. The minimum atomic E-state index is -0.220. The number of rotatable bonds is 6. The highest BCUT2D eigenvalue weighted by atomic mass is 16.2. The molecule has 2 fully saturated rings. The number of aromatic nitrogens is 3. The molecule has 5 rings (SSSR count). The number of aryl methyl sites for hydroxylation is 1. The monoisotopic (exact) mass is 458 g/mol. The Morgan fingerprint density at radius 3 is 2.68 bits per heavy atom. The third-order valence-electron chi connectivity index (χ3n) is 7.02. The van der Waals surface area contributed by atoms with Crippen LogP contribution in [0, 0.1) is 24.2 Å². The van der Waals surface area contributed by atoms with Crippen molar-refractivity contribution >= 4 is 28.3 Å². The third kappa shape index (κ3) is 4.30. The van der Waals surface area contributed by atoms with E-state index in [1.165, 1.54) is 12.8 Å². The van der Waals surface area contributed by atoms with E-state index in [0.29, 0.717) is 29.1 Å². The van der Waals surface area contributed by atoms with E-state index >= 15 is 0 Å². The van der Waals surface area contributed by atoms with Crippen molar-refractivity contribution in [1.29, 1.82) is 5.26 Å². The first-order chi connectivity index (χ1) is 16.6. The molecule has 1 unspecified atom stereocenters. The number of fused-ring (bicyclic) bond motifs is 1. The van der Waals surface area contributed by atoms with Crippen LogP contribution < -0.4 is 10.9 Å². The van der Waals surface area contributed by atoms with E-state index in [1.807, 2.05) is 40.8 Å². The zero-order chi connectivity index (χ0) is 23.7. The van der Waals surface area contributed by atoms with Crippen LogP contribution in [-0.4, -0.2) is 38.7 Å². The molecule has 2 aliphatic rings. The van der Waals surface area contributed by atoms with Gasteiger partial charge in [-0.1, -0.05) is 12.8 Å². The van der Waals surface area contributed by atoms with Crippen LogP contribution in [0.25, 0.3) is 10.9 Å². The summed E-state index contributed by atoms with van der Waals surface area (Å²) in [4.78, 5) is 30.5. The second-order valence-corrected chi connectivity index (χ2v) is 9.49. The SMILES string of the molecule is Cc1cc(Nc2nn(C(CC#N)C3CC3)c3cc[nH]c(=O)c23)ccc1C(=O)N1CCCCCC1. The second kappa shape index (κ2) is 9.34. The molecule has 1 aliphatic carbocycles. The quantitative estimate of drug-likeness (QED) is 0.559. The fraction of sp³-hybridized carbons (Fsp3) is 0.462. The molecule has 2 aromatic heterocycles. The van der Waals surface area contributed by atoms with E-state index in [2.05, 4.69) is 16.4 Å². The lowest BCUT2D eigenvalue weighted by Crippen LogP contribution is -2.32. The summed E-state index contributed by atoms with van der Waals surface area (Å²) in [5.74, 6) is 0.966. The highest BCUT2D eigenvalue weighted by molar-refractivity contribution is 5.96. The Labute approximate surface area is 198 Å². The van der Waals surface area contributed by atoms with Gasteiger partial charge in [0.25, 0.3) is 11.5 Å². The maximum atomic E-state index is 13.1. The van der Waals surface area contributed by atoms with Gasteiger partial charge in [0.15, 0.2) is 5.82 Å². The fourth-order valence-corrected chi connectivity index (χ4v) is 5.03. The van der Waals surface area contributed by atoms with Gasteiger partial charge in [-0.15, -0.1) is 0 Å². The Morgan fingerprint density at radius 1 is 1.24 bits per heavy atom. The molecule has 3 aromatic rings. The van der Waals surface area contributed by atoms with Gasteiger partial charge in [0, 0.05) is 30.5 Å². The molecule has 2 N–H and O–H groups in total. The van der Waals surface area contributed by atoms with Gasteiger partial charge >= 0.3 is 0 Å². The zero-order valence-corrected chi connectivity index (χ0v) is 19.5. The van der Waals surface area contributed by atoms with Crippen molar-refractivity contribution in [3.63, 3.8) is 0 Å². The maximum Gasteiger partial charge on any atom is 0.261 e. The lowest BCUT2D eigenvalue weighted by molar-refractivity contribution is 0.0761. The Hall–Kier alpha value is -3.60. The molecule has 176 valence electrons. The first kappa shape index (κ1) is 22.2. The largest absolute Gasteiger partial charge is 0.339 e. The lowest BCUT2D eigenvalue weighted by Gasteiger charge is -2.21. The van der Waals surface area contributed by atoms with Crippen LogP contribution in [0.4, 0.5) is 11.5 Å². The van der Waals surface area contributed by atoms with Crippen LogP contribution in [0.15, 0.2) is 35.3 Å². The van der Waals surface area contributed by atoms with Crippen LogP contribution >= 0.6 is 0 Å². The molecule has 1 atom stereocenters. The van der Waals surface area contributed by atoms with Crippen LogP contribution in [0.3, 0.4) is 0 Å². The Bertz CT molecular complexity index is 1310. The second-order valence-electron chi connectivity index (χ2n) is 9.49. The lowest BCUT2D eigenvalue weighted by atomic mass is 10.1. The normalized spacial score (nSPS) is 17.2. The summed E-state index contributed by atoms with van der Waals surface area (Å²) in [6.45, 7) is 3.57. The standard InChI is InChI=1S/C26H30N6O2/c1-17-16-19(8-9-20(17)26(34)31-14-4-2-3-5-15-31)29-24-23-22(11-13-28-25(23)33)32(30-24)21(10-12-27)18-6-7-18/h8-9,11,13,16,18,21H,2-7,10,14-15H2,1H3,(H,28,33)(H,29,30). The summed E-state index contributed by atoms with van der Waals surface area (Å²) < 4.78 is 1.85. The summed E-state index contributed by atoms with van der Waals surface area (Å²) in [7, 11) is 0. The van der Waals surface area contributed by atoms with E-state index in [0.717, 1.165) is 55.5 Å². The van der Waals surface area contributed by atoms with E-state index < -0.39 is 0 Å². The topological polar surface area (TPSA) is 107 Å². The number of nitrogens with one attached hydrogen (secondary N) is 2. The van der Waals surface area contributed by atoms with Gasteiger partial charge < -0.3 is 15.2 Å². The van der Waals surface area contributed by atoms with Gasteiger partial charge in [0.05, 0.1) is 24.0 Å². The van der Waals surface area contributed by atoms with Gasteiger partial charge in [-0.25, -0.2) is 0 Å². The first-order valence-electron chi connectivity index (χ1n) is 12.2. The molecule has 8 heteroatoms. The minimum absolute atomic E-state index is 0.0415. The summed E-state index contributed by atoms with van der Waals surface area (Å²) in [6.07, 6.45) is 8.61. The molecular weight excluding hydrogens is 428 g/mol. The highest BCUT2D eigenvalue weighted by Gasteiger charge is 2.34. The van der Waals surface area contributed by atoms with Crippen molar-refractivity contribution in [3.8, 4) is 6.07 Å². The van der Waals surface area contributed by atoms with Crippen LogP contribution in [0.5, 0.6) is 0 Å². The molecule has 8 nitrogen and oxygen atoms in total. The maximum absolute atomic E-state index is 13.1. The molecule has 1 aliphatic heterocycles. The van der Waals surface area contributed by atoms with Crippen LogP contribution in [-0.2, 0) is 0 Å². The number of hydrogen-bond acceptors (Lipinski definition) is 5. The molecule has 1 saturated carbocycles. The number of amides is 1. The highest BCUT2D eigenvalue weighted by Crippen LogP contribution is 2.43. The van der Waals surface area contributed by atoms with Gasteiger partial charge in [-0.2, -0.15) is 10.4 Å². The number of carbonyl (C=O) groups excluding carboxylic acids is 1. The Balaban J connectivity index is 1.45. The van der Waals surface area contributed by atoms with Crippen molar-refractivity contribution in [2.75, 3.05) is 18.4 Å². The molecule has 34 heavy (non-hydrogen) atoms. The van der Waals surface area contributed by atoms with Crippen LogP contribution in [0.2, 0.25) is 0 Å². The Morgan fingerprint density at radius 2 is 2.00 bits per heavy atom. The molecule has 1 aromatic carbocycles. The van der Waals surface area contributed by atoms with Gasteiger partial charge in [0.1, 0.15) is 5.39 Å². The molecule has 1 amide bonds. The molecule has 3 heterocycles. The van der Waals surface area contributed by atoms with Crippen molar-refractivity contribution in [3.05, 3.63) is 51.9 Å². The first-order valence-corrected chi connectivity index (χ1v) is 12.2. The summed E-state index contributed by atoms with van der Waals surface area (Å²) in [5, 5.41) is 17.9. The van der Waals surface area contributed by atoms with E-state index in [4.69, 9.17) is 5.10 Å². The average Bonchev–Trinajstić information content (AvgIpc) is 3.64. The number of aromatic amines is 1. The smallest absolute Gasteiger partial charge is 0.261 e. The number of pyridine rings is 1. The van der Waals surface area contributed by atoms with Crippen LogP contribution in [0.1, 0.15) is 66.9 Å².